The summed E-state index contributed by atoms with van der Waals surface area (Å²) >= 11 is 0. The number of rotatable bonds is 0. The molecule has 0 saturated heterocycles. The van der Waals surface area contributed by atoms with Crippen molar-refractivity contribution in [1.82, 2.24) is 106 Å². The summed E-state index contributed by atoms with van der Waals surface area (Å²) in [5.41, 5.74) is 10.5. The molecule has 11 rings (SSSR count). The van der Waals surface area contributed by atoms with Crippen molar-refractivity contribution in [2.24, 2.45) is 0 Å². The van der Waals surface area contributed by atoms with Gasteiger partial charge in [-0.15, -0.1) is 10.2 Å². The Balaban J connectivity index is -0.0000000929. The second-order valence-corrected chi connectivity index (χ2v) is 15.2. The summed E-state index contributed by atoms with van der Waals surface area (Å²) in [4.78, 5) is 49.8. The van der Waals surface area contributed by atoms with E-state index in [-0.39, 0.29) is 0 Å². The molecule has 0 spiro atoms. The van der Waals surface area contributed by atoms with Crippen molar-refractivity contribution in [1.29, 1.82) is 0 Å². The van der Waals surface area contributed by atoms with Crippen molar-refractivity contribution < 1.29 is 0 Å². The van der Waals surface area contributed by atoms with E-state index in [9.17, 15) is 0 Å². The fourth-order valence-corrected chi connectivity index (χ4v) is 4.15. The third kappa shape index (κ3) is 107. The van der Waals surface area contributed by atoms with Crippen LogP contribution in [0.2, 0.25) is 0 Å². The molecule has 11 heterocycles. The third-order valence-corrected chi connectivity index (χ3v) is 7.93. The van der Waals surface area contributed by atoms with Gasteiger partial charge >= 0.3 is 0 Å². The van der Waals surface area contributed by atoms with Gasteiger partial charge in [0.1, 0.15) is 31.1 Å². The van der Waals surface area contributed by atoms with Crippen LogP contribution in [0.25, 0.3) is 0 Å². The second kappa shape index (κ2) is 109. The largest absolute Gasteiger partial charge is 0.265 e. The fourth-order valence-electron chi connectivity index (χ4n) is 4.15. The lowest BCUT2D eigenvalue weighted by atomic mass is 10.3. The van der Waals surface area contributed by atoms with Crippen molar-refractivity contribution in [3.8, 4) is 0 Å². The topological polar surface area (TPSA) is 271 Å². The summed E-state index contributed by atoms with van der Waals surface area (Å²) < 4.78 is 0. The maximum atomic E-state index is 3.98. The van der Waals surface area contributed by atoms with Crippen molar-refractivity contribution >= 4 is 0 Å². The van der Waals surface area contributed by atoms with Crippen molar-refractivity contribution in [3.63, 3.8) is 0 Å². The van der Waals surface area contributed by atoms with E-state index in [4.69, 9.17) is 0 Å². The van der Waals surface area contributed by atoms with Gasteiger partial charge in [-0.1, -0.05) is 164 Å². The summed E-state index contributed by atoms with van der Waals surface area (Å²) in [6.07, 6.45) is 37.0. The molecule has 99 heavy (non-hydrogen) atoms. The molecule has 0 fully saturated rings. The Kier molecular flexibility index (Phi) is 125. The molecular formula is C78H133N21. The van der Waals surface area contributed by atoms with Crippen LogP contribution >= 0.6 is 0 Å². The van der Waals surface area contributed by atoms with Crippen molar-refractivity contribution in [3.05, 3.63) is 272 Å². The maximum Gasteiger partial charge on any atom is 0.138 e. The van der Waals surface area contributed by atoms with E-state index in [2.05, 4.69) is 106 Å². The lowest BCUT2D eigenvalue weighted by Crippen LogP contribution is -1.84. The average Bonchev–Trinajstić information content (AvgIpc) is 3.72. The SMILES string of the molecule is CC.CC.CC.CC.CC.CC.CC.CC.CC.CC.CC.Cc1ccccn1.Cc1cccnc1.Cc1cccnn1.Cc1ccncc1.Cc1ccncn1.Cc1ccnnc1.Cc1cnccn1.Cc1cncnc1.Cc1cncnn1.Cc1cnncn1.Cc1ncccn1. The predicted molar refractivity (Wildman–Crippen MR) is 421 cm³/mol. The van der Waals surface area contributed by atoms with E-state index < -0.39 is 0 Å². The first-order chi connectivity index (χ1) is 48.3. The van der Waals surface area contributed by atoms with E-state index in [1.54, 1.807) is 111 Å². The zero-order valence-corrected chi connectivity index (χ0v) is 67.5. The van der Waals surface area contributed by atoms with Crippen LogP contribution in [0.3, 0.4) is 0 Å². The highest BCUT2D eigenvalue weighted by atomic mass is 15.1. The smallest absolute Gasteiger partial charge is 0.138 e. The number of hydrogen-bond donors (Lipinski definition) is 0. The highest BCUT2D eigenvalue weighted by Crippen LogP contribution is 1.91. The van der Waals surface area contributed by atoms with Crippen molar-refractivity contribution in [2.75, 3.05) is 0 Å². The molecule has 0 radical (unpaired) electrons. The van der Waals surface area contributed by atoms with Gasteiger partial charge in [0, 0.05) is 104 Å². The van der Waals surface area contributed by atoms with Gasteiger partial charge in [0.15, 0.2) is 0 Å². The fraction of sp³-hybridized carbons (Fsp3) is 0.423. The molecular weight excluding hydrogens is 1230 g/mol. The molecule has 0 saturated carbocycles. The van der Waals surface area contributed by atoms with Crippen LogP contribution in [0, 0.1) is 76.2 Å². The summed E-state index contributed by atoms with van der Waals surface area (Å²) in [7, 11) is 0. The second-order valence-electron chi connectivity index (χ2n) is 15.2. The Morgan fingerprint density at radius 1 is 0.182 bits per heavy atom. The zero-order valence-electron chi connectivity index (χ0n) is 67.5. The molecule has 0 aliphatic heterocycles. The highest BCUT2D eigenvalue weighted by Gasteiger charge is 1.81. The molecule has 0 N–H and O–H groups in total. The molecule has 21 nitrogen and oxygen atoms in total. The normalized spacial score (nSPS) is 7.44. The van der Waals surface area contributed by atoms with Crippen LogP contribution in [0.4, 0.5) is 0 Å². The van der Waals surface area contributed by atoms with Gasteiger partial charge < -0.3 is 0 Å². The van der Waals surface area contributed by atoms with E-state index >= 15 is 0 Å². The molecule has 0 bridgehead atoms. The standard InChI is InChI=1S/3C6H7N.6C5H6N2.2C4H5N3.11C2H6/c1-6-2-4-7-5-3-6;1-6-3-2-4-7-5-6;1-6-4-2-3-5-7-6;1-5-2-6-4-7-3-5;1-5-4-6-2-3-7-5;1-5-2-3-6-4-7-5;1-5-2-3-6-7-4-5;1-5-6-3-2-4-7-5;1-5-3-2-4-6-7-5;1-4-2-6-7-3-5-4;1-4-2-5-3-6-7-4;11*1-2/h3*2-5H,1H3;6*2-4H,1H3;2*2-3H,1H3;11*1-2H3. The molecule has 11 aromatic heterocycles. The molecule has 0 atom stereocenters. The molecule has 0 aromatic carbocycles. The van der Waals surface area contributed by atoms with Gasteiger partial charge in [-0.2, -0.15) is 30.6 Å². The Bertz CT molecular complexity index is 2220. The van der Waals surface area contributed by atoms with E-state index in [1.807, 2.05) is 301 Å². The number of aromatic nitrogens is 21. The molecule has 11 aromatic rings. The minimum absolute atomic E-state index is 0.822. The van der Waals surface area contributed by atoms with Gasteiger partial charge in [-0.3, -0.25) is 24.9 Å². The molecule has 550 valence electrons. The Labute approximate surface area is 603 Å². The summed E-state index contributed by atoms with van der Waals surface area (Å²) in [5, 5.41) is 28.8. The zero-order chi connectivity index (χ0) is 78.2. The first-order valence-corrected chi connectivity index (χ1v) is 34.5. The molecule has 0 aliphatic rings. The Hall–Kier alpha value is -10.1. The van der Waals surface area contributed by atoms with Crippen molar-refractivity contribution in [2.45, 2.75) is 228 Å². The molecule has 21 heteroatoms. The van der Waals surface area contributed by atoms with Crippen LogP contribution in [0.15, 0.2) is 210 Å². The van der Waals surface area contributed by atoms with E-state index in [0.717, 1.165) is 51.1 Å². The maximum absolute atomic E-state index is 3.98. The first kappa shape index (κ1) is 113. The number of hydrogen-bond acceptors (Lipinski definition) is 21. The van der Waals surface area contributed by atoms with Gasteiger partial charge in [-0.05, 0) is 159 Å². The van der Waals surface area contributed by atoms with Crippen LogP contribution in [0.1, 0.15) is 215 Å². The van der Waals surface area contributed by atoms with Crippen LogP contribution in [-0.4, -0.2) is 106 Å². The van der Waals surface area contributed by atoms with E-state index in [1.165, 1.54) is 36.4 Å². The summed E-state index contributed by atoms with van der Waals surface area (Å²) in [6, 6.07) is 23.1. The van der Waals surface area contributed by atoms with Gasteiger partial charge in [0.05, 0.1) is 41.4 Å². The minimum atomic E-state index is 0.822. The van der Waals surface area contributed by atoms with Gasteiger partial charge in [0.2, 0.25) is 0 Å². The van der Waals surface area contributed by atoms with Gasteiger partial charge in [-0.25, -0.2) is 39.9 Å². The lowest BCUT2D eigenvalue weighted by Gasteiger charge is -1.82. The highest BCUT2D eigenvalue weighted by molar-refractivity contribution is 5.06. The molecule has 0 aliphatic carbocycles. The Morgan fingerprint density at radius 3 is 0.848 bits per heavy atom. The lowest BCUT2D eigenvalue weighted by molar-refractivity contribution is 0.925. The van der Waals surface area contributed by atoms with Gasteiger partial charge in [0.25, 0.3) is 0 Å². The quantitative estimate of drug-likeness (QED) is 0.136. The summed E-state index contributed by atoms with van der Waals surface area (Å²) in [6.45, 7) is 65.3. The number of pyridine rings is 3. The summed E-state index contributed by atoms with van der Waals surface area (Å²) in [5.74, 6) is 0.822. The number of aryl methyl sites for hydroxylation is 11. The average molecular weight is 1370 g/mol. The molecule has 0 unspecified atom stereocenters. The van der Waals surface area contributed by atoms with Crippen LogP contribution in [0.5, 0.6) is 0 Å². The number of nitrogens with zero attached hydrogens (tertiary/aromatic N) is 21. The Morgan fingerprint density at radius 2 is 0.626 bits per heavy atom. The molecule has 0 amide bonds. The van der Waals surface area contributed by atoms with Crippen LogP contribution in [-0.2, 0) is 0 Å². The van der Waals surface area contributed by atoms with E-state index in [0.29, 0.717) is 0 Å². The predicted octanol–water partition coefficient (Wildman–Crippen LogP) is 20.5. The third-order valence-electron chi connectivity index (χ3n) is 7.93. The van der Waals surface area contributed by atoms with Crippen LogP contribution < -0.4 is 0 Å². The first-order valence-electron chi connectivity index (χ1n) is 34.5. The minimum Gasteiger partial charge on any atom is -0.265 e. The monoisotopic (exact) mass is 1360 g/mol.